The van der Waals surface area contributed by atoms with Crippen molar-refractivity contribution in [1.82, 2.24) is 4.98 Å². The van der Waals surface area contributed by atoms with Crippen LogP contribution in [0.25, 0.3) is 0 Å². The molecule has 0 radical (unpaired) electrons. The van der Waals surface area contributed by atoms with Gasteiger partial charge in [0.15, 0.2) is 0 Å². The zero-order valence-electron chi connectivity index (χ0n) is 9.26. The molecule has 1 rings (SSSR count). The van der Waals surface area contributed by atoms with E-state index in [2.05, 4.69) is 4.98 Å². The Balaban J connectivity index is 2.59. The first-order valence-electron chi connectivity index (χ1n) is 5.12. The molecule has 0 bridgehead atoms. The summed E-state index contributed by atoms with van der Waals surface area (Å²) >= 11 is 0. The Morgan fingerprint density at radius 3 is 2.35 bits per heavy atom. The van der Waals surface area contributed by atoms with Crippen molar-refractivity contribution in [2.45, 2.75) is 38.0 Å². The standard InChI is InChI=1S/C11H13F4NO/c1-10(17,5-2-6-11(13,14)15)9-4-3-8(12)7-16-9/h3-4,7,17H,2,5-6H2,1H3. The van der Waals surface area contributed by atoms with Crippen LogP contribution in [0.3, 0.4) is 0 Å². The molecule has 0 aliphatic rings. The maximum Gasteiger partial charge on any atom is 0.389 e. The van der Waals surface area contributed by atoms with Gasteiger partial charge in [-0.25, -0.2) is 4.39 Å². The Morgan fingerprint density at radius 2 is 1.88 bits per heavy atom. The van der Waals surface area contributed by atoms with Crippen LogP contribution in [-0.2, 0) is 5.60 Å². The number of aliphatic hydroxyl groups is 1. The molecule has 1 atom stereocenters. The van der Waals surface area contributed by atoms with Crippen molar-refractivity contribution >= 4 is 0 Å². The Hall–Kier alpha value is -1.17. The second-order valence-electron chi connectivity index (χ2n) is 4.10. The number of nitrogens with zero attached hydrogens (tertiary/aromatic N) is 1. The van der Waals surface area contributed by atoms with Gasteiger partial charge in [0.1, 0.15) is 11.4 Å². The highest BCUT2D eigenvalue weighted by Crippen LogP contribution is 2.29. The Labute approximate surface area is 96.3 Å². The number of aromatic nitrogens is 1. The summed E-state index contributed by atoms with van der Waals surface area (Å²) in [5, 5.41) is 9.92. The molecule has 1 heterocycles. The molecule has 1 unspecified atom stereocenters. The van der Waals surface area contributed by atoms with Gasteiger partial charge < -0.3 is 5.11 Å². The summed E-state index contributed by atoms with van der Waals surface area (Å²) in [5.41, 5.74) is -1.31. The van der Waals surface area contributed by atoms with Crippen molar-refractivity contribution in [2.75, 3.05) is 0 Å². The van der Waals surface area contributed by atoms with E-state index in [1.807, 2.05) is 0 Å². The van der Waals surface area contributed by atoms with E-state index in [0.29, 0.717) is 0 Å². The lowest BCUT2D eigenvalue weighted by molar-refractivity contribution is -0.137. The smallest absolute Gasteiger partial charge is 0.384 e. The van der Waals surface area contributed by atoms with Gasteiger partial charge in [-0.05, 0) is 31.9 Å². The lowest BCUT2D eigenvalue weighted by Gasteiger charge is -2.22. The van der Waals surface area contributed by atoms with Crippen molar-refractivity contribution in [1.29, 1.82) is 0 Å². The molecule has 2 nitrogen and oxygen atoms in total. The zero-order chi connectivity index (χ0) is 13.1. The summed E-state index contributed by atoms with van der Waals surface area (Å²) in [6, 6.07) is 2.38. The lowest BCUT2D eigenvalue weighted by atomic mass is 9.94. The maximum absolute atomic E-state index is 12.6. The Kier molecular flexibility index (Phi) is 4.08. The van der Waals surface area contributed by atoms with Crippen molar-refractivity contribution in [3.63, 3.8) is 0 Å². The number of halogens is 4. The molecule has 6 heteroatoms. The fraction of sp³-hybridized carbons (Fsp3) is 0.545. The van der Waals surface area contributed by atoms with E-state index in [4.69, 9.17) is 0 Å². The largest absolute Gasteiger partial charge is 0.389 e. The molecule has 17 heavy (non-hydrogen) atoms. The number of alkyl halides is 3. The number of hydrogen-bond donors (Lipinski definition) is 1. The van der Waals surface area contributed by atoms with Crippen LogP contribution in [0.5, 0.6) is 0 Å². The van der Waals surface area contributed by atoms with Crippen LogP contribution in [0, 0.1) is 5.82 Å². The molecule has 1 aromatic heterocycles. The van der Waals surface area contributed by atoms with Crippen LogP contribution < -0.4 is 0 Å². The van der Waals surface area contributed by atoms with E-state index in [0.717, 1.165) is 12.3 Å². The van der Waals surface area contributed by atoms with Crippen molar-refractivity contribution in [3.8, 4) is 0 Å². The van der Waals surface area contributed by atoms with Crippen LogP contribution in [-0.4, -0.2) is 16.3 Å². The zero-order valence-corrected chi connectivity index (χ0v) is 9.26. The van der Waals surface area contributed by atoms with Crippen LogP contribution in [0.2, 0.25) is 0 Å². The molecule has 96 valence electrons. The molecule has 0 aliphatic carbocycles. The van der Waals surface area contributed by atoms with E-state index in [1.54, 1.807) is 0 Å². The van der Waals surface area contributed by atoms with Gasteiger partial charge in [-0.3, -0.25) is 4.98 Å². The highest BCUT2D eigenvalue weighted by Gasteiger charge is 2.30. The summed E-state index contributed by atoms with van der Waals surface area (Å²) in [7, 11) is 0. The topological polar surface area (TPSA) is 33.1 Å². The fourth-order valence-corrected chi connectivity index (χ4v) is 1.46. The molecular weight excluding hydrogens is 238 g/mol. The number of hydrogen-bond acceptors (Lipinski definition) is 2. The maximum atomic E-state index is 12.6. The molecule has 0 spiro atoms. The summed E-state index contributed by atoms with van der Waals surface area (Å²) in [4.78, 5) is 3.66. The second kappa shape index (κ2) is 5.00. The highest BCUT2D eigenvalue weighted by atomic mass is 19.4. The third kappa shape index (κ3) is 4.68. The van der Waals surface area contributed by atoms with Gasteiger partial charge in [0.05, 0.1) is 11.9 Å². The summed E-state index contributed by atoms with van der Waals surface area (Å²) in [5.74, 6) is -0.556. The van der Waals surface area contributed by atoms with Gasteiger partial charge in [-0.2, -0.15) is 13.2 Å². The SMILES string of the molecule is CC(O)(CCCC(F)(F)F)c1ccc(F)cn1. The summed E-state index contributed by atoms with van der Waals surface area (Å²) in [6.45, 7) is 1.36. The van der Waals surface area contributed by atoms with Crippen LogP contribution in [0.1, 0.15) is 31.9 Å². The molecule has 0 saturated carbocycles. The minimum absolute atomic E-state index is 0.0782. The number of rotatable bonds is 4. The van der Waals surface area contributed by atoms with Crippen molar-refractivity contribution in [2.24, 2.45) is 0 Å². The summed E-state index contributed by atoms with van der Waals surface area (Å²) in [6.07, 6.45) is -4.54. The van der Waals surface area contributed by atoms with E-state index >= 15 is 0 Å². The predicted molar refractivity (Wildman–Crippen MR) is 53.7 cm³/mol. The molecular formula is C11H13F4NO. The molecule has 0 aromatic carbocycles. The van der Waals surface area contributed by atoms with Gasteiger partial charge in [-0.1, -0.05) is 0 Å². The van der Waals surface area contributed by atoms with Crippen LogP contribution >= 0.6 is 0 Å². The van der Waals surface area contributed by atoms with Gasteiger partial charge in [0, 0.05) is 6.42 Å². The molecule has 1 N–H and O–H groups in total. The molecule has 0 amide bonds. The average molecular weight is 251 g/mol. The van der Waals surface area contributed by atoms with Gasteiger partial charge in [-0.15, -0.1) is 0 Å². The molecule has 0 fully saturated rings. The van der Waals surface area contributed by atoms with Crippen LogP contribution in [0.15, 0.2) is 18.3 Å². The van der Waals surface area contributed by atoms with Gasteiger partial charge >= 0.3 is 6.18 Å². The Morgan fingerprint density at radius 1 is 1.24 bits per heavy atom. The van der Waals surface area contributed by atoms with Gasteiger partial charge in [0.25, 0.3) is 0 Å². The monoisotopic (exact) mass is 251 g/mol. The third-order valence-electron chi connectivity index (χ3n) is 2.40. The van der Waals surface area contributed by atoms with Crippen molar-refractivity contribution < 1.29 is 22.7 Å². The quantitative estimate of drug-likeness (QED) is 0.834. The minimum atomic E-state index is -4.23. The van der Waals surface area contributed by atoms with Crippen LogP contribution in [0.4, 0.5) is 17.6 Å². The van der Waals surface area contributed by atoms with E-state index in [1.165, 1.54) is 13.0 Å². The number of pyridine rings is 1. The summed E-state index contributed by atoms with van der Waals surface area (Å²) < 4.78 is 48.4. The first-order chi connectivity index (χ1) is 7.71. The van der Waals surface area contributed by atoms with E-state index < -0.39 is 24.0 Å². The lowest BCUT2D eigenvalue weighted by Crippen LogP contribution is -2.23. The Bertz CT molecular complexity index is 359. The molecule has 1 aromatic rings. The fourth-order valence-electron chi connectivity index (χ4n) is 1.46. The first kappa shape index (κ1) is 13.9. The van der Waals surface area contributed by atoms with Gasteiger partial charge in [0.2, 0.25) is 0 Å². The van der Waals surface area contributed by atoms with Crippen molar-refractivity contribution in [3.05, 3.63) is 29.8 Å². The van der Waals surface area contributed by atoms with E-state index in [-0.39, 0.29) is 18.5 Å². The third-order valence-corrected chi connectivity index (χ3v) is 2.40. The average Bonchev–Trinajstić information content (AvgIpc) is 2.15. The predicted octanol–water partition coefficient (Wildman–Crippen LogP) is 3.16. The van der Waals surface area contributed by atoms with E-state index in [9.17, 15) is 22.7 Å². The first-order valence-corrected chi connectivity index (χ1v) is 5.12. The normalized spacial score (nSPS) is 15.6. The molecule has 0 aliphatic heterocycles. The minimum Gasteiger partial charge on any atom is -0.384 e. The molecule has 0 saturated heterocycles. The highest BCUT2D eigenvalue weighted by molar-refractivity contribution is 5.12. The second-order valence-corrected chi connectivity index (χ2v) is 4.10.